The van der Waals surface area contributed by atoms with Gasteiger partial charge in [0.2, 0.25) is 0 Å². The molecule has 0 aromatic carbocycles. The van der Waals surface area contributed by atoms with Crippen LogP contribution in [0.4, 0.5) is 0 Å². The average molecular weight is 228 g/mol. The van der Waals surface area contributed by atoms with Crippen LogP contribution in [0.5, 0.6) is 0 Å². The molecule has 0 amide bonds. The Morgan fingerprint density at radius 2 is 1.73 bits per heavy atom. The SMILES string of the molecule is CCCCCCCCOCC(O)CO.[H-].[Na+]. The summed E-state index contributed by atoms with van der Waals surface area (Å²) in [4.78, 5) is 0. The van der Waals surface area contributed by atoms with E-state index in [0.29, 0.717) is 6.61 Å². The molecule has 0 aliphatic carbocycles. The van der Waals surface area contributed by atoms with Gasteiger partial charge in [0.25, 0.3) is 0 Å². The molecule has 0 saturated carbocycles. The van der Waals surface area contributed by atoms with Crippen LogP contribution in [-0.4, -0.2) is 36.1 Å². The number of rotatable bonds is 10. The van der Waals surface area contributed by atoms with Gasteiger partial charge in [0.15, 0.2) is 0 Å². The fourth-order valence-corrected chi connectivity index (χ4v) is 1.26. The predicted octanol–water partition coefficient (Wildman–Crippen LogP) is -1.17. The van der Waals surface area contributed by atoms with Crippen molar-refractivity contribution < 1.29 is 45.9 Å². The summed E-state index contributed by atoms with van der Waals surface area (Å²) in [6.45, 7) is 2.95. The Balaban J connectivity index is -0.000000845. The van der Waals surface area contributed by atoms with Crippen molar-refractivity contribution in [1.29, 1.82) is 0 Å². The summed E-state index contributed by atoms with van der Waals surface area (Å²) in [5.41, 5.74) is 0. The smallest absolute Gasteiger partial charge is 1.00 e. The van der Waals surface area contributed by atoms with Crippen LogP contribution in [0.2, 0.25) is 0 Å². The van der Waals surface area contributed by atoms with Crippen molar-refractivity contribution in [3.05, 3.63) is 0 Å². The van der Waals surface area contributed by atoms with Crippen LogP contribution in [0.3, 0.4) is 0 Å². The van der Waals surface area contributed by atoms with Crippen LogP contribution in [-0.2, 0) is 4.74 Å². The molecule has 1 atom stereocenters. The second-order valence-electron chi connectivity index (χ2n) is 3.68. The molecule has 0 aromatic heterocycles. The van der Waals surface area contributed by atoms with Gasteiger partial charge in [0.05, 0.1) is 13.2 Å². The van der Waals surface area contributed by atoms with Gasteiger partial charge in [-0.05, 0) is 6.42 Å². The molecule has 0 rings (SSSR count). The third kappa shape index (κ3) is 14.9. The Morgan fingerprint density at radius 3 is 2.33 bits per heavy atom. The van der Waals surface area contributed by atoms with Crippen molar-refractivity contribution in [1.82, 2.24) is 0 Å². The van der Waals surface area contributed by atoms with Gasteiger partial charge < -0.3 is 16.4 Å². The van der Waals surface area contributed by atoms with Gasteiger partial charge in [-0.1, -0.05) is 39.0 Å². The minimum absolute atomic E-state index is 0. The maximum Gasteiger partial charge on any atom is 1.00 e. The summed E-state index contributed by atoms with van der Waals surface area (Å²) in [6.07, 6.45) is 6.74. The minimum Gasteiger partial charge on any atom is -1.00 e. The number of ether oxygens (including phenoxy) is 1. The quantitative estimate of drug-likeness (QED) is 0.366. The average Bonchev–Trinajstić information content (AvgIpc) is 2.21. The molecule has 2 N–H and O–H groups in total. The van der Waals surface area contributed by atoms with E-state index in [4.69, 9.17) is 14.9 Å². The van der Waals surface area contributed by atoms with Gasteiger partial charge in [-0.15, -0.1) is 0 Å². The van der Waals surface area contributed by atoms with E-state index in [-0.39, 0.29) is 44.2 Å². The number of aliphatic hydroxyl groups excluding tert-OH is 2. The van der Waals surface area contributed by atoms with Crippen LogP contribution in [0.25, 0.3) is 0 Å². The van der Waals surface area contributed by atoms with Crippen molar-refractivity contribution in [3.63, 3.8) is 0 Å². The summed E-state index contributed by atoms with van der Waals surface area (Å²) >= 11 is 0. The molecule has 15 heavy (non-hydrogen) atoms. The van der Waals surface area contributed by atoms with Gasteiger partial charge in [0, 0.05) is 6.61 Å². The molecule has 0 radical (unpaired) electrons. The van der Waals surface area contributed by atoms with E-state index in [1.165, 1.54) is 32.1 Å². The maximum atomic E-state index is 8.96. The molecular formula is C11H25NaO3. The van der Waals surface area contributed by atoms with E-state index in [1.54, 1.807) is 0 Å². The molecule has 0 aliphatic heterocycles. The van der Waals surface area contributed by atoms with Gasteiger partial charge >= 0.3 is 29.6 Å². The fourth-order valence-electron chi connectivity index (χ4n) is 1.26. The first-order valence-corrected chi connectivity index (χ1v) is 5.68. The van der Waals surface area contributed by atoms with Gasteiger partial charge in [-0.3, -0.25) is 0 Å². The van der Waals surface area contributed by atoms with Crippen LogP contribution < -0.4 is 29.6 Å². The van der Waals surface area contributed by atoms with Crippen LogP contribution in [0.1, 0.15) is 46.9 Å². The molecule has 0 bridgehead atoms. The zero-order valence-electron chi connectivity index (χ0n) is 11.2. The first kappa shape index (κ1) is 18.3. The fraction of sp³-hybridized carbons (Fsp3) is 1.00. The molecule has 0 spiro atoms. The summed E-state index contributed by atoms with van der Waals surface area (Å²) in [5.74, 6) is 0. The number of unbranched alkanes of at least 4 members (excludes halogenated alkanes) is 5. The molecule has 0 aromatic rings. The summed E-state index contributed by atoms with van der Waals surface area (Å²) in [7, 11) is 0. The van der Waals surface area contributed by atoms with Crippen LogP contribution >= 0.6 is 0 Å². The molecule has 0 fully saturated rings. The van der Waals surface area contributed by atoms with E-state index in [0.717, 1.165) is 6.42 Å². The topological polar surface area (TPSA) is 49.7 Å². The second kappa shape index (κ2) is 14.9. The first-order valence-electron chi connectivity index (χ1n) is 5.68. The maximum absolute atomic E-state index is 8.96. The van der Waals surface area contributed by atoms with Gasteiger partial charge in [-0.25, -0.2) is 0 Å². The Hall–Kier alpha value is 0.880. The molecule has 88 valence electrons. The van der Waals surface area contributed by atoms with Gasteiger partial charge in [-0.2, -0.15) is 0 Å². The van der Waals surface area contributed by atoms with Crippen molar-refractivity contribution in [2.24, 2.45) is 0 Å². The Bertz CT molecular complexity index is 117. The normalized spacial score (nSPS) is 12.2. The molecule has 4 heteroatoms. The largest absolute Gasteiger partial charge is 1.00 e. The predicted molar refractivity (Wildman–Crippen MR) is 58.4 cm³/mol. The molecule has 0 heterocycles. The zero-order chi connectivity index (χ0) is 10.6. The number of hydrogen-bond acceptors (Lipinski definition) is 3. The van der Waals surface area contributed by atoms with E-state index >= 15 is 0 Å². The third-order valence-corrected chi connectivity index (χ3v) is 2.16. The Kier molecular flexibility index (Phi) is 18.1. The van der Waals surface area contributed by atoms with Crippen molar-refractivity contribution >= 4 is 0 Å². The van der Waals surface area contributed by atoms with Crippen molar-refractivity contribution in [2.45, 2.75) is 51.6 Å². The summed E-state index contributed by atoms with van der Waals surface area (Å²) in [5, 5.41) is 17.5. The minimum atomic E-state index is -0.713. The zero-order valence-corrected chi connectivity index (χ0v) is 12.2. The standard InChI is InChI=1S/C11H24O3.Na.H/c1-2-3-4-5-6-7-8-14-10-11(13)9-12;;/h11-13H,2-10H2,1H3;;/q;+1;-1. The first-order chi connectivity index (χ1) is 6.81. The third-order valence-electron chi connectivity index (χ3n) is 2.16. The van der Waals surface area contributed by atoms with E-state index in [1.807, 2.05) is 0 Å². The van der Waals surface area contributed by atoms with E-state index in [9.17, 15) is 0 Å². The molecule has 0 saturated heterocycles. The number of aliphatic hydroxyl groups is 2. The van der Waals surface area contributed by atoms with Gasteiger partial charge in [0.1, 0.15) is 6.10 Å². The van der Waals surface area contributed by atoms with E-state index in [2.05, 4.69) is 6.92 Å². The van der Waals surface area contributed by atoms with Crippen LogP contribution in [0.15, 0.2) is 0 Å². The van der Waals surface area contributed by atoms with E-state index < -0.39 is 6.10 Å². The second-order valence-corrected chi connectivity index (χ2v) is 3.68. The summed E-state index contributed by atoms with van der Waals surface area (Å²) < 4.78 is 5.18. The Labute approximate surface area is 117 Å². The monoisotopic (exact) mass is 228 g/mol. The summed E-state index contributed by atoms with van der Waals surface area (Å²) in [6, 6.07) is 0. The van der Waals surface area contributed by atoms with Crippen LogP contribution in [0, 0.1) is 0 Å². The van der Waals surface area contributed by atoms with Crippen molar-refractivity contribution in [2.75, 3.05) is 19.8 Å². The molecule has 0 aliphatic rings. The molecule has 1 unspecified atom stereocenters. The van der Waals surface area contributed by atoms with Crippen molar-refractivity contribution in [3.8, 4) is 0 Å². The Morgan fingerprint density at radius 1 is 1.13 bits per heavy atom. The molecule has 3 nitrogen and oxygen atoms in total. The number of hydrogen-bond donors (Lipinski definition) is 2. The molecular weight excluding hydrogens is 203 g/mol.